The van der Waals surface area contributed by atoms with Crippen LogP contribution in [0, 0.1) is 0 Å². The molecule has 3 rings (SSSR count). The molecule has 2 aromatic rings. The van der Waals surface area contributed by atoms with E-state index in [4.69, 9.17) is 5.73 Å². The minimum absolute atomic E-state index is 0.248. The van der Waals surface area contributed by atoms with Gasteiger partial charge in [0.05, 0.1) is 17.6 Å². The lowest BCUT2D eigenvalue weighted by Gasteiger charge is -2.11. The molecule has 1 aliphatic carbocycles. The van der Waals surface area contributed by atoms with Gasteiger partial charge < -0.3 is 16.2 Å². The molecule has 1 aliphatic rings. The average molecular weight is 258 g/mol. The highest BCUT2D eigenvalue weighted by atomic mass is 16.3. The van der Waals surface area contributed by atoms with Crippen molar-refractivity contribution in [3.63, 3.8) is 0 Å². The Kier molecular flexibility index (Phi) is 3.13. The predicted molar refractivity (Wildman–Crippen MR) is 74.7 cm³/mol. The van der Waals surface area contributed by atoms with Crippen molar-refractivity contribution in [2.75, 3.05) is 18.4 Å². The number of hydrogen-bond donors (Lipinski definition) is 3. The summed E-state index contributed by atoms with van der Waals surface area (Å²) in [5.74, 6) is 0.778. The highest BCUT2D eigenvalue weighted by Gasteiger charge is 2.31. The molecule has 0 saturated heterocycles. The molecule has 0 amide bonds. The van der Waals surface area contributed by atoms with E-state index in [1.54, 1.807) is 6.07 Å². The van der Waals surface area contributed by atoms with Gasteiger partial charge in [-0.2, -0.15) is 5.10 Å². The summed E-state index contributed by atoms with van der Waals surface area (Å²) in [5.41, 5.74) is 8.43. The van der Waals surface area contributed by atoms with Gasteiger partial charge in [0.15, 0.2) is 0 Å². The Hall–Kier alpha value is -2.01. The maximum atomic E-state index is 9.97. The summed E-state index contributed by atoms with van der Waals surface area (Å²) in [7, 11) is 0. The molecule has 19 heavy (non-hydrogen) atoms. The molecular formula is C14H18N4O. The van der Waals surface area contributed by atoms with Crippen LogP contribution in [-0.2, 0) is 0 Å². The zero-order chi connectivity index (χ0) is 13.2. The number of aromatic hydroxyl groups is 1. The Morgan fingerprint density at radius 3 is 2.84 bits per heavy atom. The van der Waals surface area contributed by atoms with Crippen LogP contribution < -0.4 is 11.1 Å². The van der Waals surface area contributed by atoms with E-state index >= 15 is 0 Å². The van der Waals surface area contributed by atoms with Gasteiger partial charge in [-0.1, -0.05) is 12.1 Å². The zero-order valence-electron chi connectivity index (χ0n) is 10.7. The Morgan fingerprint density at radius 1 is 1.37 bits per heavy atom. The first-order valence-electron chi connectivity index (χ1n) is 6.61. The van der Waals surface area contributed by atoms with E-state index in [2.05, 4.69) is 10.4 Å². The molecule has 5 nitrogen and oxygen atoms in total. The molecule has 0 spiro atoms. The number of hydrogen-bond acceptors (Lipinski definition) is 4. The van der Waals surface area contributed by atoms with E-state index < -0.39 is 0 Å². The number of phenolic OH excluding ortho intramolecular Hbond substituents is 1. The van der Waals surface area contributed by atoms with E-state index in [-0.39, 0.29) is 5.75 Å². The second-order valence-electron chi connectivity index (χ2n) is 4.83. The highest BCUT2D eigenvalue weighted by Crippen LogP contribution is 2.44. The largest absolute Gasteiger partial charge is 0.506 e. The van der Waals surface area contributed by atoms with Crippen molar-refractivity contribution in [3.8, 4) is 11.4 Å². The highest BCUT2D eigenvalue weighted by molar-refractivity contribution is 5.55. The number of nitrogens with zero attached hydrogens (tertiary/aromatic N) is 2. The Balaban J connectivity index is 2.02. The molecule has 5 heteroatoms. The molecule has 1 saturated carbocycles. The number of phenols is 1. The third-order valence-corrected chi connectivity index (χ3v) is 3.34. The Morgan fingerprint density at radius 2 is 2.16 bits per heavy atom. The van der Waals surface area contributed by atoms with E-state index in [0.29, 0.717) is 12.5 Å². The van der Waals surface area contributed by atoms with Crippen LogP contribution in [0.3, 0.4) is 0 Å². The number of nitrogens with one attached hydrogen (secondary N) is 1. The quantitative estimate of drug-likeness (QED) is 0.764. The third kappa shape index (κ3) is 2.29. The first kappa shape index (κ1) is 12.0. The van der Waals surface area contributed by atoms with Gasteiger partial charge in [-0.15, -0.1) is 0 Å². The molecule has 1 aromatic carbocycles. The third-order valence-electron chi connectivity index (χ3n) is 3.34. The fourth-order valence-corrected chi connectivity index (χ4v) is 2.29. The lowest BCUT2D eigenvalue weighted by atomic mass is 10.2. The summed E-state index contributed by atoms with van der Waals surface area (Å²) < 4.78 is 1.84. The summed E-state index contributed by atoms with van der Waals surface area (Å²) in [4.78, 5) is 0. The summed E-state index contributed by atoms with van der Waals surface area (Å²) in [6.45, 7) is 1.32. The first-order chi connectivity index (χ1) is 9.31. The summed E-state index contributed by atoms with van der Waals surface area (Å²) in [6.07, 6.45) is 4.17. The molecule has 0 aliphatic heterocycles. The Bertz CT molecular complexity index is 575. The average Bonchev–Trinajstić information content (AvgIpc) is 3.18. The maximum absolute atomic E-state index is 9.97. The van der Waals surface area contributed by atoms with Crippen molar-refractivity contribution < 1.29 is 5.11 Å². The number of para-hydroxylation sites is 2. The molecular weight excluding hydrogens is 240 g/mol. The zero-order valence-corrected chi connectivity index (χ0v) is 10.7. The van der Waals surface area contributed by atoms with Crippen molar-refractivity contribution >= 4 is 5.69 Å². The molecule has 0 bridgehead atoms. The number of benzene rings is 1. The summed E-state index contributed by atoms with van der Waals surface area (Å²) in [6, 6.07) is 7.27. The molecule has 0 radical (unpaired) electrons. The van der Waals surface area contributed by atoms with E-state index in [1.807, 2.05) is 29.1 Å². The van der Waals surface area contributed by atoms with Crippen LogP contribution in [0.15, 0.2) is 30.5 Å². The van der Waals surface area contributed by atoms with Crippen LogP contribution in [-0.4, -0.2) is 28.0 Å². The van der Waals surface area contributed by atoms with E-state index in [0.717, 1.165) is 23.6 Å². The van der Waals surface area contributed by atoms with E-state index in [1.165, 1.54) is 12.8 Å². The van der Waals surface area contributed by atoms with Crippen LogP contribution in [0.5, 0.6) is 5.75 Å². The van der Waals surface area contributed by atoms with Crippen molar-refractivity contribution in [3.05, 3.63) is 36.2 Å². The normalized spacial score (nSPS) is 14.6. The molecule has 100 valence electrons. The number of rotatable bonds is 5. The van der Waals surface area contributed by atoms with Crippen LogP contribution in [0.25, 0.3) is 5.69 Å². The minimum Gasteiger partial charge on any atom is -0.506 e. The fraction of sp³-hybridized carbons (Fsp3) is 0.357. The number of anilines is 1. The second kappa shape index (κ2) is 4.93. The van der Waals surface area contributed by atoms with Crippen molar-refractivity contribution in [1.82, 2.24) is 9.78 Å². The molecule has 1 heterocycles. The smallest absolute Gasteiger partial charge is 0.141 e. The molecule has 0 atom stereocenters. The van der Waals surface area contributed by atoms with Crippen LogP contribution in [0.2, 0.25) is 0 Å². The van der Waals surface area contributed by atoms with Crippen molar-refractivity contribution in [2.24, 2.45) is 5.73 Å². The lowest BCUT2D eigenvalue weighted by Crippen LogP contribution is -2.14. The van der Waals surface area contributed by atoms with Crippen molar-refractivity contribution in [2.45, 2.75) is 18.8 Å². The van der Waals surface area contributed by atoms with Gasteiger partial charge in [-0.3, -0.25) is 0 Å². The molecule has 0 unspecified atom stereocenters. The van der Waals surface area contributed by atoms with E-state index in [9.17, 15) is 5.11 Å². The monoisotopic (exact) mass is 258 g/mol. The standard InChI is InChI=1S/C14H18N4O/c15-7-8-16-11-9-17-18(14(11)10-5-6-10)12-3-1-2-4-13(12)19/h1-4,9-10,16,19H,5-8,15H2. The van der Waals surface area contributed by atoms with Gasteiger partial charge in [0.1, 0.15) is 11.4 Å². The number of nitrogens with two attached hydrogens (primary N) is 1. The van der Waals surface area contributed by atoms with Gasteiger partial charge in [-0.05, 0) is 25.0 Å². The Labute approximate surface area is 112 Å². The fourth-order valence-electron chi connectivity index (χ4n) is 2.29. The first-order valence-corrected chi connectivity index (χ1v) is 6.61. The van der Waals surface area contributed by atoms with Gasteiger partial charge in [-0.25, -0.2) is 4.68 Å². The van der Waals surface area contributed by atoms with Crippen LogP contribution >= 0.6 is 0 Å². The lowest BCUT2D eigenvalue weighted by molar-refractivity contribution is 0.469. The predicted octanol–water partition coefficient (Wildman–Crippen LogP) is 1.83. The van der Waals surface area contributed by atoms with Gasteiger partial charge in [0, 0.05) is 19.0 Å². The van der Waals surface area contributed by atoms with Gasteiger partial charge in [0.2, 0.25) is 0 Å². The van der Waals surface area contributed by atoms with Gasteiger partial charge >= 0.3 is 0 Å². The second-order valence-corrected chi connectivity index (χ2v) is 4.83. The number of aromatic nitrogens is 2. The topological polar surface area (TPSA) is 76.1 Å². The molecule has 1 aromatic heterocycles. The molecule has 4 N–H and O–H groups in total. The van der Waals surface area contributed by atoms with Gasteiger partial charge in [0.25, 0.3) is 0 Å². The van der Waals surface area contributed by atoms with Crippen molar-refractivity contribution in [1.29, 1.82) is 0 Å². The minimum atomic E-state index is 0.248. The SMILES string of the molecule is NCCNc1cnn(-c2ccccc2O)c1C1CC1. The van der Waals surface area contributed by atoms with Crippen LogP contribution in [0.1, 0.15) is 24.5 Å². The van der Waals surface area contributed by atoms with Crippen LogP contribution in [0.4, 0.5) is 5.69 Å². The summed E-state index contributed by atoms with van der Waals surface area (Å²) in [5, 5.41) is 17.7. The molecule has 1 fully saturated rings. The summed E-state index contributed by atoms with van der Waals surface area (Å²) >= 11 is 0. The maximum Gasteiger partial charge on any atom is 0.141 e.